The molecule has 2 amide bonds. The molecular formula is C21H24N2O3. The van der Waals surface area contributed by atoms with Gasteiger partial charge in [-0.05, 0) is 18.1 Å². The van der Waals surface area contributed by atoms with Crippen molar-refractivity contribution in [3.63, 3.8) is 0 Å². The van der Waals surface area contributed by atoms with Gasteiger partial charge in [0, 0.05) is 37.2 Å². The number of methoxy groups -OCH3 is 1. The predicted molar refractivity (Wildman–Crippen MR) is 101 cm³/mol. The Morgan fingerprint density at radius 2 is 1.92 bits per heavy atom. The molecule has 1 heterocycles. The Morgan fingerprint density at radius 1 is 1.15 bits per heavy atom. The highest BCUT2D eigenvalue weighted by molar-refractivity contribution is 5.94. The van der Waals surface area contributed by atoms with E-state index < -0.39 is 0 Å². The summed E-state index contributed by atoms with van der Waals surface area (Å²) in [5.74, 6) is 0.618. The van der Waals surface area contributed by atoms with E-state index >= 15 is 0 Å². The number of hydrogen-bond donors (Lipinski definition) is 2. The third kappa shape index (κ3) is 3.20. The molecule has 136 valence electrons. The first-order chi connectivity index (χ1) is 12.8. The number of benzene rings is 2. The third-order valence-corrected chi connectivity index (χ3v) is 5.44. The zero-order valence-electron chi connectivity index (χ0n) is 14.9. The summed E-state index contributed by atoms with van der Waals surface area (Å²) in [5.41, 5.74) is 2.89. The van der Waals surface area contributed by atoms with Gasteiger partial charge >= 0.3 is 6.03 Å². The van der Waals surface area contributed by atoms with Crippen LogP contribution in [0.3, 0.4) is 0 Å². The van der Waals surface area contributed by atoms with E-state index in [9.17, 15) is 4.79 Å². The summed E-state index contributed by atoms with van der Waals surface area (Å²) in [6.07, 6.45) is 1.22. The summed E-state index contributed by atoms with van der Waals surface area (Å²) in [4.78, 5) is 12.6. The molecule has 1 saturated carbocycles. The van der Waals surface area contributed by atoms with Crippen LogP contribution >= 0.6 is 0 Å². The van der Waals surface area contributed by atoms with Gasteiger partial charge in [0.1, 0.15) is 0 Å². The Balaban J connectivity index is 1.46. The van der Waals surface area contributed by atoms with Crippen LogP contribution in [0.4, 0.5) is 10.5 Å². The maximum absolute atomic E-state index is 12.6. The largest absolute Gasteiger partial charge is 0.384 e. The molecule has 1 aliphatic heterocycles. The van der Waals surface area contributed by atoms with Crippen LogP contribution < -0.4 is 10.6 Å². The van der Waals surface area contributed by atoms with Crippen LogP contribution in [0.1, 0.15) is 6.42 Å². The van der Waals surface area contributed by atoms with Gasteiger partial charge in [0.15, 0.2) is 0 Å². The molecule has 26 heavy (non-hydrogen) atoms. The summed E-state index contributed by atoms with van der Waals surface area (Å²) >= 11 is 0. The number of para-hydroxylation sites is 1. The van der Waals surface area contributed by atoms with Gasteiger partial charge in [-0.3, -0.25) is 0 Å². The number of amides is 2. The summed E-state index contributed by atoms with van der Waals surface area (Å²) in [6.45, 7) is 1.37. The average Bonchev–Trinajstić information content (AvgIpc) is 3.10. The minimum atomic E-state index is -0.176. The van der Waals surface area contributed by atoms with Crippen molar-refractivity contribution in [3.05, 3.63) is 54.6 Å². The van der Waals surface area contributed by atoms with E-state index in [-0.39, 0.29) is 24.1 Å². The number of fused-ring (bicyclic) bond motifs is 1. The number of rotatable bonds is 5. The second-order valence-corrected chi connectivity index (χ2v) is 6.94. The first-order valence-electron chi connectivity index (χ1n) is 9.10. The van der Waals surface area contributed by atoms with Gasteiger partial charge in [0.05, 0.1) is 18.4 Å². The van der Waals surface area contributed by atoms with Crippen molar-refractivity contribution in [3.8, 4) is 11.1 Å². The molecule has 1 saturated heterocycles. The van der Waals surface area contributed by atoms with E-state index in [2.05, 4.69) is 10.6 Å². The zero-order chi connectivity index (χ0) is 17.9. The first kappa shape index (κ1) is 17.1. The zero-order valence-corrected chi connectivity index (χ0v) is 14.9. The third-order valence-electron chi connectivity index (χ3n) is 5.44. The minimum Gasteiger partial charge on any atom is -0.384 e. The molecule has 2 N–H and O–H groups in total. The number of carbonyl (C=O) groups is 1. The smallest absolute Gasteiger partial charge is 0.319 e. The van der Waals surface area contributed by atoms with Crippen molar-refractivity contribution >= 4 is 11.7 Å². The van der Waals surface area contributed by atoms with Crippen molar-refractivity contribution in [2.24, 2.45) is 11.8 Å². The second kappa shape index (κ2) is 7.48. The molecule has 2 aromatic rings. The van der Waals surface area contributed by atoms with Gasteiger partial charge < -0.3 is 20.1 Å². The molecular weight excluding hydrogens is 328 g/mol. The van der Waals surface area contributed by atoms with Crippen LogP contribution in [0.5, 0.6) is 0 Å². The standard InChI is InChI=1S/C21H24N2O3/c1-25-13-17-19(16-11-12-26-20(16)17)23-21(24)22-18-10-6-5-9-15(18)14-7-3-2-4-8-14/h2-10,16-17,19-20H,11-13H2,1H3,(H2,22,23,24)/t16-,17-,19-,20-/m0/s1. The van der Waals surface area contributed by atoms with E-state index in [0.29, 0.717) is 12.5 Å². The maximum Gasteiger partial charge on any atom is 0.319 e. The van der Waals surface area contributed by atoms with E-state index in [1.54, 1.807) is 7.11 Å². The van der Waals surface area contributed by atoms with Gasteiger partial charge in [-0.2, -0.15) is 0 Å². The highest BCUT2D eigenvalue weighted by Crippen LogP contribution is 2.43. The van der Waals surface area contributed by atoms with Gasteiger partial charge in [0.25, 0.3) is 0 Å². The Kier molecular flexibility index (Phi) is 4.91. The van der Waals surface area contributed by atoms with Crippen LogP contribution in [0, 0.1) is 11.8 Å². The average molecular weight is 352 g/mol. The Labute approximate surface area is 153 Å². The lowest BCUT2D eigenvalue weighted by Crippen LogP contribution is -2.63. The molecule has 0 aromatic heterocycles. The molecule has 0 spiro atoms. The number of nitrogens with one attached hydrogen (secondary N) is 2. The molecule has 0 unspecified atom stereocenters. The quantitative estimate of drug-likeness (QED) is 0.865. The minimum absolute atomic E-state index is 0.103. The lowest BCUT2D eigenvalue weighted by molar-refractivity contribution is -0.0798. The number of carbonyl (C=O) groups excluding carboxylic acids is 1. The number of anilines is 1. The molecule has 4 rings (SSSR count). The summed E-state index contributed by atoms with van der Waals surface area (Å²) in [6, 6.07) is 17.8. The predicted octanol–water partition coefficient (Wildman–Crippen LogP) is 3.53. The molecule has 4 atom stereocenters. The van der Waals surface area contributed by atoms with Crippen LogP contribution in [0.15, 0.2) is 54.6 Å². The summed E-state index contributed by atoms with van der Waals surface area (Å²) < 4.78 is 11.1. The van der Waals surface area contributed by atoms with Gasteiger partial charge in [0.2, 0.25) is 0 Å². The molecule has 5 heteroatoms. The highest BCUT2D eigenvalue weighted by Gasteiger charge is 2.54. The summed E-state index contributed by atoms with van der Waals surface area (Å²) in [7, 11) is 1.69. The second-order valence-electron chi connectivity index (χ2n) is 6.94. The van der Waals surface area contributed by atoms with Crippen molar-refractivity contribution in [2.45, 2.75) is 18.6 Å². The molecule has 2 aromatic carbocycles. The van der Waals surface area contributed by atoms with Crippen molar-refractivity contribution in [1.29, 1.82) is 0 Å². The Bertz CT molecular complexity index is 765. The Morgan fingerprint density at radius 3 is 2.73 bits per heavy atom. The normalized spacial score (nSPS) is 26.7. The molecule has 2 aliphatic rings. The van der Waals surface area contributed by atoms with Crippen molar-refractivity contribution in [1.82, 2.24) is 5.32 Å². The fraction of sp³-hybridized carbons (Fsp3) is 0.381. The van der Waals surface area contributed by atoms with Crippen LogP contribution in [0.2, 0.25) is 0 Å². The summed E-state index contributed by atoms with van der Waals surface area (Å²) in [5, 5.41) is 6.16. The lowest BCUT2D eigenvalue weighted by atomic mass is 9.67. The molecule has 2 fully saturated rings. The van der Waals surface area contributed by atoms with Gasteiger partial charge in [-0.1, -0.05) is 48.5 Å². The number of ether oxygens (including phenoxy) is 2. The van der Waals surface area contributed by atoms with Gasteiger partial charge in [-0.15, -0.1) is 0 Å². The van der Waals surface area contributed by atoms with Crippen LogP contribution in [-0.4, -0.2) is 38.5 Å². The van der Waals surface area contributed by atoms with E-state index in [1.807, 2.05) is 54.6 Å². The van der Waals surface area contributed by atoms with Crippen molar-refractivity contribution in [2.75, 3.05) is 25.6 Å². The molecule has 1 aliphatic carbocycles. The number of urea groups is 1. The monoisotopic (exact) mass is 352 g/mol. The first-order valence-corrected chi connectivity index (χ1v) is 9.10. The fourth-order valence-corrected chi connectivity index (χ4v) is 4.21. The van der Waals surface area contributed by atoms with Gasteiger partial charge in [-0.25, -0.2) is 4.79 Å². The number of hydrogen-bond acceptors (Lipinski definition) is 3. The SMILES string of the molecule is COC[C@H]1[C@@H](NC(=O)Nc2ccccc2-c2ccccc2)[C@@H]2CCO[C@@H]21. The van der Waals surface area contributed by atoms with Crippen LogP contribution in [-0.2, 0) is 9.47 Å². The Hall–Kier alpha value is -2.37. The molecule has 0 bridgehead atoms. The van der Waals surface area contributed by atoms with E-state index in [4.69, 9.17) is 9.47 Å². The van der Waals surface area contributed by atoms with E-state index in [0.717, 1.165) is 29.8 Å². The van der Waals surface area contributed by atoms with Crippen molar-refractivity contribution < 1.29 is 14.3 Å². The van der Waals surface area contributed by atoms with E-state index in [1.165, 1.54) is 0 Å². The highest BCUT2D eigenvalue weighted by atomic mass is 16.5. The lowest BCUT2D eigenvalue weighted by Gasteiger charge is -2.47. The molecule has 0 radical (unpaired) electrons. The maximum atomic E-state index is 12.6. The fourth-order valence-electron chi connectivity index (χ4n) is 4.21. The topological polar surface area (TPSA) is 59.6 Å². The van der Waals surface area contributed by atoms with Crippen LogP contribution in [0.25, 0.3) is 11.1 Å². The molecule has 5 nitrogen and oxygen atoms in total.